The molecule has 2 fully saturated rings. The third-order valence-corrected chi connectivity index (χ3v) is 5.08. The SMILES string of the molecule is CC(C)CC(=O)N1C[C@@H]2[C@@H](CNC(=O)c3ccncc3)CO[C@@H]2C1.O=C(O)C(F)(F)F. The van der Waals surface area contributed by atoms with E-state index in [-0.39, 0.29) is 23.8 Å². The molecule has 0 unspecified atom stereocenters. The van der Waals surface area contributed by atoms with Crippen molar-refractivity contribution in [3.63, 3.8) is 0 Å². The Morgan fingerprint density at radius 3 is 2.42 bits per heavy atom. The molecule has 11 heteroatoms. The summed E-state index contributed by atoms with van der Waals surface area (Å²) in [5.74, 6) is -1.69. The predicted molar refractivity (Wildman–Crippen MR) is 103 cm³/mol. The molecule has 0 aromatic carbocycles. The highest BCUT2D eigenvalue weighted by atomic mass is 19.4. The number of nitrogens with zero attached hydrogens (tertiary/aromatic N) is 2. The summed E-state index contributed by atoms with van der Waals surface area (Å²) in [5, 5.41) is 10.1. The number of likely N-dealkylation sites (tertiary alicyclic amines) is 1. The minimum Gasteiger partial charge on any atom is -0.475 e. The van der Waals surface area contributed by atoms with E-state index in [0.717, 1.165) is 6.54 Å². The lowest BCUT2D eigenvalue weighted by atomic mass is 9.93. The number of alkyl halides is 3. The number of nitrogens with one attached hydrogen (secondary N) is 1. The number of hydrogen-bond donors (Lipinski definition) is 2. The highest BCUT2D eigenvalue weighted by Gasteiger charge is 2.45. The van der Waals surface area contributed by atoms with Crippen LogP contribution in [0.1, 0.15) is 30.6 Å². The van der Waals surface area contributed by atoms with Crippen molar-refractivity contribution in [2.75, 3.05) is 26.2 Å². The normalized spacial score (nSPS) is 22.5. The third-order valence-electron chi connectivity index (χ3n) is 5.08. The number of pyridine rings is 1. The van der Waals surface area contributed by atoms with Gasteiger partial charge in [-0.15, -0.1) is 0 Å². The van der Waals surface area contributed by atoms with Crippen LogP contribution < -0.4 is 5.32 Å². The fraction of sp³-hybridized carbons (Fsp3) is 0.600. The van der Waals surface area contributed by atoms with Crippen LogP contribution in [0.25, 0.3) is 0 Å². The zero-order chi connectivity index (χ0) is 23.2. The van der Waals surface area contributed by atoms with Gasteiger partial charge in [0.05, 0.1) is 12.7 Å². The molecule has 0 saturated carbocycles. The summed E-state index contributed by atoms with van der Waals surface area (Å²) in [7, 11) is 0. The second-order valence-electron chi connectivity index (χ2n) is 7.94. The predicted octanol–water partition coefficient (Wildman–Crippen LogP) is 1.96. The number of carboxylic acid groups (broad SMARTS) is 1. The van der Waals surface area contributed by atoms with Gasteiger partial charge in [0.1, 0.15) is 0 Å². The number of carbonyl (C=O) groups is 3. The van der Waals surface area contributed by atoms with E-state index in [2.05, 4.69) is 24.1 Å². The molecule has 2 aliphatic rings. The highest BCUT2D eigenvalue weighted by Crippen LogP contribution is 2.33. The molecule has 8 nitrogen and oxygen atoms in total. The molecule has 172 valence electrons. The minimum atomic E-state index is -5.08. The van der Waals surface area contributed by atoms with Crippen molar-refractivity contribution in [2.24, 2.45) is 17.8 Å². The number of carboxylic acids is 1. The van der Waals surface area contributed by atoms with Crippen LogP contribution in [0.5, 0.6) is 0 Å². The first kappa shape index (κ1) is 24.6. The molecule has 1 aromatic rings. The van der Waals surface area contributed by atoms with Gasteiger partial charge in [-0.25, -0.2) is 4.79 Å². The topological polar surface area (TPSA) is 109 Å². The van der Waals surface area contributed by atoms with Gasteiger partial charge in [-0.2, -0.15) is 13.2 Å². The van der Waals surface area contributed by atoms with Crippen LogP contribution in [0, 0.1) is 17.8 Å². The van der Waals surface area contributed by atoms with Gasteiger partial charge in [-0.1, -0.05) is 13.8 Å². The van der Waals surface area contributed by atoms with Crippen molar-refractivity contribution in [3.8, 4) is 0 Å². The largest absolute Gasteiger partial charge is 0.490 e. The van der Waals surface area contributed by atoms with Gasteiger partial charge in [0.15, 0.2) is 0 Å². The van der Waals surface area contributed by atoms with E-state index in [9.17, 15) is 22.8 Å². The summed E-state index contributed by atoms with van der Waals surface area (Å²) >= 11 is 0. The standard InChI is InChI=1S/C18H25N3O3.C2HF3O2/c1-12(2)7-17(22)21-9-15-14(11-24-16(15)10-21)8-20-18(23)13-3-5-19-6-4-13;3-2(4,5)1(6)7/h3-6,12,14-16H,7-11H2,1-2H3,(H,20,23);(H,6,7)/t14-,15+,16+;/m0./s1. The monoisotopic (exact) mass is 445 g/mol. The second-order valence-corrected chi connectivity index (χ2v) is 7.94. The molecule has 3 rings (SSSR count). The van der Waals surface area contributed by atoms with Crippen LogP contribution in [-0.2, 0) is 14.3 Å². The Kier molecular flexibility index (Phi) is 8.37. The molecule has 0 aliphatic carbocycles. The van der Waals surface area contributed by atoms with E-state index in [4.69, 9.17) is 14.6 Å². The average molecular weight is 445 g/mol. The van der Waals surface area contributed by atoms with Crippen molar-refractivity contribution in [1.29, 1.82) is 0 Å². The number of hydrogen-bond acceptors (Lipinski definition) is 5. The van der Waals surface area contributed by atoms with E-state index in [1.807, 2.05) is 4.90 Å². The summed E-state index contributed by atoms with van der Waals surface area (Å²) in [6, 6.07) is 3.40. The minimum absolute atomic E-state index is 0.0911. The third kappa shape index (κ3) is 7.20. The number of aliphatic carboxylic acids is 1. The quantitative estimate of drug-likeness (QED) is 0.717. The van der Waals surface area contributed by atoms with Gasteiger partial charge in [-0.05, 0) is 18.1 Å². The molecule has 3 atom stereocenters. The molecule has 1 aromatic heterocycles. The maximum Gasteiger partial charge on any atom is 0.490 e. The van der Waals surface area contributed by atoms with E-state index >= 15 is 0 Å². The molecule has 2 N–H and O–H groups in total. The molecule has 0 bridgehead atoms. The fourth-order valence-corrected chi connectivity index (χ4v) is 3.52. The number of rotatable bonds is 5. The lowest BCUT2D eigenvalue weighted by Gasteiger charge is -2.21. The van der Waals surface area contributed by atoms with E-state index in [1.165, 1.54) is 0 Å². The first-order valence-electron chi connectivity index (χ1n) is 9.86. The maximum absolute atomic E-state index is 12.2. The van der Waals surface area contributed by atoms with Gasteiger partial charge in [0, 0.05) is 55.8 Å². The zero-order valence-electron chi connectivity index (χ0n) is 17.3. The molecular formula is C20H26F3N3O5. The molecular weight excluding hydrogens is 419 g/mol. The molecule has 2 saturated heterocycles. The number of carbonyl (C=O) groups excluding carboxylic acids is 2. The van der Waals surface area contributed by atoms with Crippen LogP contribution in [0.15, 0.2) is 24.5 Å². The second kappa shape index (κ2) is 10.6. The van der Waals surface area contributed by atoms with Crippen LogP contribution in [0.4, 0.5) is 13.2 Å². The smallest absolute Gasteiger partial charge is 0.475 e. The van der Waals surface area contributed by atoms with Crippen LogP contribution in [-0.4, -0.2) is 71.3 Å². The average Bonchev–Trinajstić information content (AvgIpc) is 3.27. The lowest BCUT2D eigenvalue weighted by Crippen LogP contribution is -2.35. The first-order valence-corrected chi connectivity index (χ1v) is 9.86. The fourth-order valence-electron chi connectivity index (χ4n) is 3.52. The Morgan fingerprint density at radius 2 is 1.87 bits per heavy atom. The van der Waals surface area contributed by atoms with Crippen molar-refractivity contribution < 1.29 is 37.4 Å². The molecule has 3 heterocycles. The Labute approximate surface area is 177 Å². The molecule has 2 amide bonds. The van der Waals surface area contributed by atoms with Crippen LogP contribution >= 0.6 is 0 Å². The first-order chi connectivity index (χ1) is 14.5. The van der Waals surface area contributed by atoms with Gasteiger partial charge >= 0.3 is 12.1 Å². The molecule has 2 aliphatic heterocycles. The van der Waals surface area contributed by atoms with Crippen molar-refractivity contribution >= 4 is 17.8 Å². The van der Waals surface area contributed by atoms with E-state index in [1.54, 1.807) is 24.5 Å². The van der Waals surface area contributed by atoms with Crippen LogP contribution in [0.2, 0.25) is 0 Å². The molecule has 0 spiro atoms. The molecule has 0 radical (unpaired) electrons. The number of amides is 2. The van der Waals surface area contributed by atoms with Crippen molar-refractivity contribution in [1.82, 2.24) is 15.2 Å². The van der Waals surface area contributed by atoms with Crippen molar-refractivity contribution in [3.05, 3.63) is 30.1 Å². The number of halogens is 3. The van der Waals surface area contributed by atoms with Gasteiger partial charge in [0.2, 0.25) is 5.91 Å². The maximum atomic E-state index is 12.2. The summed E-state index contributed by atoms with van der Waals surface area (Å²) < 4.78 is 37.6. The highest BCUT2D eigenvalue weighted by molar-refractivity contribution is 5.93. The lowest BCUT2D eigenvalue weighted by molar-refractivity contribution is -0.192. The van der Waals surface area contributed by atoms with Gasteiger partial charge in [-0.3, -0.25) is 14.6 Å². The Hall–Kier alpha value is -2.69. The van der Waals surface area contributed by atoms with Crippen LogP contribution in [0.3, 0.4) is 0 Å². The zero-order valence-corrected chi connectivity index (χ0v) is 17.3. The van der Waals surface area contributed by atoms with Crippen molar-refractivity contribution in [2.45, 2.75) is 32.5 Å². The number of ether oxygens (including phenoxy) is 1. The Bertz CT molecular complexity index is 773. The summed E-state index contributed by atoms with van der Waals surface area (Å²) in [6.45, 7) is 6.77. The Balaban J connectivity index is 0.000000423. The van der Waals surface area contributed by atoms with Gasteiger partial charge < -0.3 is 20.1 Å². The summed E-state index contributed by atoms with van der Waals surface area (Å²) in [4.78, 5) is 39.1. The Morgan fingerprint density at radius 1 is 1.26 bits per heavy atom. The molecule has 31 heavy (non-hydrogen) atoms. The number of fused-ring (bicyclic) bond motifs is 1. The van der Waals surface area contributed by atoms with E-state index < -0.39 is 12.1 Å². The number of aromatic nitrogens is 1. The van der Waals surface area contributed by atoms with E-state index in [0.29, 0.717) is 43.5 Å². The van der Waals surface area contributed by atoms with Gasteiger partial charge in [0.25, 0.3) is 5.91 Å². The summed E-state index contributed by atoms with van der Waals surface area (Å²) in [5.41, 5.74) is 0.612. The summed E-state index contributed by atoms with van der Waals surface area (Å²) in [6.07, 6.45) is -1.16.